The van der Waals surface area contributed by atoms with Gasteiger partial charge in [0.2, 0.25) is 0 Å². The van der Waals surface area contributed by atoms with E-state index in [0.29, 0.717) is 18.9 Å². The van der Waals surface area contributed by atoms with Crippen LogP contribution in [0.25, 0.3) is 0 Å². The van der Waals surface area contributed by atoms with Gasteiger partial charge in [0, 0.05) is 33.8 Å². The Bertz CT molecular complexity index is 686. The van der Waals surface area contributed by atoms with Gasteiger partial charge in [-0.1, -0.05) is 12.1 Å². The first-order chi connectivity index (χ1) is 11.4. The Morgan fingerprint density at radius 1 is 1.33 bits per heavy atom. The van der Waals surface area contributed by atoms with Gasteiger partial charge in [0.05, 0.1) is 18.3 Å². The van der Waals surface area contributed by atoms with Gasteiger partial charge in [0.15, 0.2) is 0 Å². The molecule has 0 bridgehead atoms. The van der Waals surface area contributed by atoms with Gasteiger partial charge in [-0.2, -0.15) is 5.10 Å². The summed E-state index contributed by atoms with van der Waals surface area (Å²) in [5.74, 6) is 0.342. The van der Waals surface area contributed by atoms with Gasteiger partial charge >= 0.3 is 5.97 Å². The molecular weight excluding hydrogens is 306 g/mol. The number of benzene rings is 1. The van der Waals surface area contributed by atoms with Crippen molar-refractivity contribution in [1.29, 1.82) is 0 Å². The van der Waals surface area contributed by atoms with Gasteiger partial charge in [0.1, 0.15) is 5.75 Å². The molecule has 0 amide bonds. The minimum absolute atomic E-state index is 0.0521. The third-order valence-corrected chi connectivity index (χ3v) is 3.87. The average molecular weight is 331 g/mol. The van der Waals surface area contributed by atoms with E-state index >= 15 is 0 Å². The maximum absolute atomic E-state index is 11.2. The Kier molecular flexibility index (Phi) is 6.11. The van der Waals surface area contributed by atoms with Crippen LogP contribution in [0.1, 0.15) is 35.3 Å². The van der Waals surface area contributed by atoms with Gasteiger partial charge in [-0.3, -0.25) is 9.48 Å². The van der Waals surface area contributed by atoms with Crippen molar-refractivity contribution < 1.29 is 14.3 Å². The molecule has 0 fully saturated rings. The van der Waals surface area contributed by atoms with Crippen LogP contribution >= 0.6 is 0 Å². The normalized spacial score (nSPS) is 12.2. The Labute approximate surface area is 142 Å². The molecule has 24 heavy (non-hydrogen) atoms. The molecule has 1 aromatic carbocycles. The van der Waals surface area contributed by atoms with Crippen molar-refractivity contribution in [2.75, 3.05) is 13.7 Å². The molecule has 6 heteroatoms. The lowest BCUT2D eigenvalue weighted by Crippen LogP contribution is -2.27. The van der Waals surface area contributed by atoms with Gasteiger partial charge in [-0.15, -0.1) is 0 Å². The molecule has 1 N–H and O–H groups in total. The maximum atomic E-state index is 11.2. The lowest BCUT2D eigenvalue weighted by atomic mass is 10.0. The van der Waals surface area contributed by atoms with Gasteiger partial charge < -0.3 is 14.8 Å². The van der Waals surface area contributed by atoms with Gasteiger partial charge in [-0.05, 0) is 36.6 Å². The Morgan fingerprint density at radius 3 is 2.50 bits per heavy atom. The van der Waals surface area contributed by atoms with Crippen molar-refractivity contribution in [2.24, 2.45) is 7.05 Å². The van der Waals surface area contributed by atoms with E-state index in [-0.39, 0.29) is 12.0 Å². The SMILES string of the molecule is COCC(NCc1cc(C)c(OC(C)=O)c(C)c1)c1ccnn1C. The van der Waals surface area contributed by atoms with Crippen LogP contribution < -0.4 is 10.1 Å². The van der Waals surface area contributed by atoms with Crippen LogP contribution in [-0.4, -0.2) is 29.5 Å². The number of carbonyl (C=O) groups is 1. The molecule has 0 radical (unpaired) electrons. The summed E-state index contributed by atoms with van der Waals surface area (Å²) in [6.45, 7) is 6.55. The maximum Gasteiger partial charge on any atom is 0.308 e. The second-order valence-electron chi connectivity index (χ2n) is 5.92. The average Bonchev–Trinajstić information content (AvgIpc) is 2.93. The van der Waals surface area contributed by atoms with E-state index in [0.717, 1.165) is 22.4 Å². The number of nitrogens with zero attached hydrogens (tertiary/aromatic N) is 2. The predicted octanol–water partition coefficient (Wildman–Crippen LogP) is 2.44. The number of rotatable bonds is 7. The number of aryl methyl sites for hydroxylation is 3. The topological polar surface area (TPSA) is 65.4 Å². The van der Waals surface area contributed by atoms with Gasteiger partial charge in [-0.25, -0.2) is 0 Å². The first-order valence-electron chi connectivity index (χ1n) is 7.91. The zero-order valence-corrected chi connectivity index (χ0v) is 14.9. The van der Waals surface area contributed by atoms with Crippen LogP contribution in [0.3, 0.4) is 0 Å². The highest BCUT2D eigenvalue weighted by molar-refractivity contribution is 5.70. The summed E-state index contributed by atoms with van der Waals surface area (Å²) in [4.78, 5) is 11.2. The monoisotopic (exact) mass is 331 g/mol. The van der Waals surface area contributed by atoms with E-state index in [2.05, 4.69) is 10.4 Å². The Balaban J connectivity index is 2.12. The molecule has 1 aromatic heterocycles. The summed E-state index contributed by atoms with van der Waals surface area (Å²) in [6, 6.07) is 6.10. The van der Waals surface area contributed by atoms with E-state index in [1.54, 1.807) is 13.3 Å². The molecule has 2 rings (SSSR count). The third kappa shape index (κ3) is 4.43. The fourth-order valence-corrected chi connectivity index (χ4v) is 2.83. The third-order valence-electron chi connectivity index (χ3n) is 3.87. The number of carbonyl (C=O) groups excluding carboxylic acids is 1. The van der Waals surface area contributed by atoms with Crippen LogP contribution in [0, 0.1) is 13.8 Å². The first-order valence-corrected chi connectivity index (χ1v) is 7.91. The van der Waals surface area contributed by atoms with Crippen LogP contribution in [0.2, 0.25) is 0 Å². The highest BCUT2D eigenvalue weighted by atomic mass is 16.5. The van der Waals surface area contributed by atoms with Gasteiger partial charge in [0.25, 0.3) is 0 Å². The number of ether oxygens (including phenoxy) is 2. The molecule has 1 unspecified atom stereocenters. The minimum atomic E-state index is -0.302. The zero-order chi connectivity index (χ0) is 17.7. The Morgan fingerprint density at radius 2 is 2.00 bits per heavy atom. The molecule has 2 aromatic rings. The van der Waals surface area contributed by atoms with E-state index in [9.17, 15) is 4.79 Å². The smallest absolute Gasteiger partial charge is 0.308 e. The summed E-state index contributed by atoms with van der Waals surface area (Å²) in [7, 11) is 3.61. The molecule has 130 valence electrons. The van der Waals surface area contributed by atoms with Crippen molar-refractivity contribution in [3.05, 3.63) is 46.8 Å². The highest BCUT2D eigenvalue weighted by Crippen LogP contribution is 2.25. The highest BCUT2D eigenvalue weighted by Gasteiger charge is 2.15. The summed E-state index contributed by atoms with van der Waals surface area (Å²) < 4.78 is 12.4. The van der Waals surface area contributed by atoms with E-state index < -0.39 is 0 Å². The zero-order valence-electron chi connectivity index (χ0n) is 14.9. The lowest BCUT2D eigenvalue weighted by Gasteiger charge is -2.19. The summed E-state index contributed by atoms with van der Waals surface area (Å²) in [5, 5.41) is 7.72. The van der Waals surface area contributed by atoms with Crippen LogP contribution in [0.5, 0.6) is 5.75 Å². The predicted molar refractivity (Wildman–Crippen MR) is 91.9 cm³/mol. The second kappa shape index (κ2) is 8.08. The molecule has 0 aliphatic rings. The fourth-order valence-electron chi connectivity index (χ4n) is 2.83. The van der Waals surface area contributed by atoms with Crippen molar-refractivity contribution in [3.63, 3.8) is 0 Å². The molecule has 0 saturated carbocycles. The van der Waals surface area contributed by atoms with Crippen molar-refractivity contribution in [3.8, 4) is 5.75 Å². The number of hydrogen-bond donors (Lipinski definition) is 1. The van der Waals surface area contributed by atoms with Crippen molar-refractivity contribution >= 4 is 5.97 Å². The lowest BCUT2D eigenvalue weighted by molar-refractivity contribution is -0.131. The van der Waals surface area contributed by atoms with Crippen molar-refractivity contribution in [1.82, 2.24) is 15.1 Å². The second-order valence-corrected chi connectivity index (χ2v) is 5.92. The van der Waals surface area contributed by atoms with Crippen LogP contribution in [0.15, 0.2) is 24.4 Å². The van der Waals surface area contributed by atoms with E-state index in [1.165, 1.54) is 6.92 Å². The largest absolute Gasteiger partial charge is 0.426 e. The van der Waals surface area contributed by atoms with Crippen molar-refractivity contribution in [2.45, 2.75) is 33.4 Å². The molecule has 1 atom stereocenters. The summed E-state index contributed by atoms with van der Waals surface area (Å²) >= 11 is 0. The number of aromatic nitrogens is 2. The quantitative estimate of drug-likeness (QED) is 0.623. The number of esters is 1. The molecular formula is C18H25N3O3. The Hall–Kier alpha value is -2.18. The molecule has 0 aliphatic carbocycles. The molecule has 1 heterocycles. The van der Waals surface area contributed by atoms with E-state index in [4.69, 9.17) is 9.47 Å². The molecule has 6 nitrogen and oxygen atoms in total. The molecule has 0 spiro atoms. The number of nitrogens with one attached hydrogen (secondary N) is 1. The van der Waals surface area contributed by atoms with Crippen LogP contribution in [-0.2, 0) is 23.1 Å². The molecule has 0 aliphatic heterocycles. The standard InChI is InChI=1S/C18H25N3O3/c1-12-8-15(9-13(2)18(12)24-14(3)22)10-19-16(11-23-5)17-6-7-20-21(17)4/h6-9,16,19H,10-11H2,1-5H3. The van der Waals surface area contributed by atoms with Crippen LogP contribution in [0.4, 0.5) is 0 Å². The minimum Gasteiger partial charge on any atom is -0.426 e. The summed E-state index contributed by atoms with van der Waals surface area (Å²) in [6.07, 6.45) is 1.78. The molecule has 0 saturated heterocycles. The number of methoxy groups -OCH3 is 1. The fraction of sp³-hybridized carbons (Fsp3) is 0.444. The first kappa shape index (κ1) is 18.2. The summed E-state index contributed by atoms with van der Waals surface area (Å²) in [5.41, 5.74) is 4.10. The number of hydrogen-bond acceptors (Lipinski definition) is 5. The van der Waals surface area contributed by atoms with E-state index in [1.807, 2.05) is 43.8 Å².